The van der Waals surface area contributed by atoms with Gasteiger partial charge < -0.3 is 26.0 Å². The van der Waals surface area contributed by atoms with Gasteiger partial charge in [0, 0.05) is 34.2 Å². The normalized spacial score (nSPS) is 10.7. The van der Waals surface area contributed by atoms with Gasteiger partial charge in [-0.2, -0.15) is 9.97 Å². The van der Waals surface area contributed by atoms with Crippen LogP contribution in [0.15, 0.2) is 0 Å². The molecule has 0 spiro atoms. The summed E-state index contributed by atoms with van der Waals surface area (Å²) in [5.41, 5.74) is 1.29. The van der Waals surface area contributed by atoms with Crippen LogP contribution in [0.2, 0.25) is 0 Å². The SMILES string of the molecule is CCCNc1nc(NC)nc2c(N(C)CCO)nc(NC)nc12. The predicted molar refractivity (Wildman–Crippen MR) is 93.4 cm³/mol. The molecule has 2 heterocycles. The molecular formula is C14H24N8O. The van der Waals surface area contributed by atoms with Gasteiger partial charge in [0.2, 0.25) is 11.9 Å². The van der Waals surface area contributed by atoms with Crippen molar-refractivity contribution in [3.05, 3.63) is 0 Å². The Hall–Kier alpha value is -2.42. The highest BCUT2D eigenvalue weighted by molar-refractivity contribution is 5.94. The fourth-order valence-electron chi connectivity index (χ4n) is 2.11. The second kappa shape index (κ2) is 7.73. The molecule has 0 amide bonds. The van der Waals surface area contributed by atoms with Gasteiger partial charge in [-0.1, -0.05) is 6.92 Å². The number of aliphatic hydroxyl groups excluding tert-OH is 1. The number of rotatable bonds is 8. The maximum absolute atomic E-state index is 9.21. The molecule has 0 aliphatic rings. The van der Waals surface area contributed by atoms with Crippen molar-refractivity contribution in [3.63, 3.8) is 0 Å². The second-order valence-electron chi connectivity index (χ2n) is 5.04. The van der Waals surface area contributed by atoms with Gasteiger partial charge in [-0.25, -0.2) is 9.97 Å². The summed E-state index contributed by atoms with van der Waals surface area (Å²) in [6.07, 6.45) is 0.974. The van der Waals surface area contributed by atoms with Crippen molar-refractivity contribution in [1.82, 2.24) is 19.9 Å². The first-order valence-corrected chi connectivity index (χ1v) is 7.65. The molecule has 0 radical (unpaired) electrons. The first-order valence-electron chi connectivity index (χ1n) is 7.65. The second-order valence-corrected chi connectivity index (χ2v) is 5.04. The van der Waals surface area contributed by atoms with Crippen molar-refractivity contribution in [2.45, 2.75) is 13.3 Å². The van der Waals surface area contributed by atoms with E-state index in [1.54, 1.807) is 14.1 Å². The lowest BCUT2D eigenvalue weighted by Gasteiger charge is -2.20. The van der Waals surface area contributed by atoms with Crippen LogP contribution in [0, 0.1) is 0 Å². The summed E-state index contributed by atoms with van der Waals surface area (Å²) in [6.45, 7) is 3.35. The minimum atomic E-state index is 0.0296. The molecule has 9 nitrogen and oxygen atoms in total. The van der Waals surface area contributed by atoms with E-state index >= 15 is 0 Å². The van der Waals surface area contributed by atoms with Gasteiger partial charge in [-0.3, -0.25) is 0 Å². The van der Waals surface area contributed by atoms with Gasteiger partial charge in [0.25, 0.3) is 0 Å². The van der Waals surface area contributed by atoms with Crippen LogP contribution >= 0.6 is 0 Å². The highest BCUT2D eigenvalue weighted by Crippen LogP contribution is 2.28. The maximum Gasteiger partial charge on any atom is 0.225 e. The third-order valence-electron chi connectivity index (χ3n) is 3.31. The molecule has 0 saturated carbocycles. The fourth-order valence-corrected chi connectivity index (χ4v) is 2.11. The largest absolute Gasteiger partial charge is 0.395 e. The smallest absolute Gasteiger partial charge is 0.225 e. The van der Waals surface area contributed by atoms with Crippen LogP contribution in [-0.2, 0) is 0 Å². The van der Waals surface area contributed by atoms with E-state index in [4.69, 9.17) is 0 Å². The summed E-state index contributed by atoms with van der Waals surface area (Å²) in [5.74, 6) is 2.29. The lowest BCUT2D eigenvalue weighted by molar-refractivity contribution is 0.304. The quantitative estimate of drug-likeness (QED) is 0.560. The Morgan fingerprint density at radius 2 is 1.65 bits per heavy atom. The molecule has 2 rings (SSSR count). The molecule has 4 N–H and O–H groups in total. The number of fused-ring (bicyclic) bond motifs is 1. The lowest BCUT2D eigenvalue weighted by Crippen LogP contribution is -2.23. The van der Waals surface area contributed by atoms with E-state index in [0.717, 1.165) is 13.0 Å². The number of hydrogen-bond donors (Lipinski definition) is 4. The third kappa shape index (κ3) is 3.67. The van der Waals surface area contributed by atoms with Gasteiger partial charge in [0.05, 0.1) is 6.61 Å². The molecule has 126 valence electrons. The Morgan fingerprint density at radius 3 is 2.26 bits per heavy atom. The van der Waals surface area contributed by atoms with E-state index in [1.807, 2.05) is 11.9 Å². The molecular weight excluding hydrogens is 296 g/mol. The van der Waals surface area contributed by atoms with Crippen molar-refractivity contribution in [2.75, 3.05) is 61.7 Å². The molecule has 23 heavy (non-hydrogen) atoms. The maximum atomic E-state index is 9.21. The first-order chi connectivity index (χ1) is 11.1. The van der Waals surface area contributed by atoms with Gasteiger partial charge in [0.1, 0.15) is 11.0 Å². The van der Waals surface area contributed by atoms with Crippen molar-refractivity contribution >= 4 is 34.6 Å². The van der Waals surface area contributed by atoms with Crippen LogP contribution in [0.1, 0.15) is 13.3 Å². The Kier molecular flexibility index (Phi) is 5.69. The lowest BCUT2D eigenvalue weighted by atomic mass is 10.3. The van der Waals surface area contributed by atoms with Gasteiger partial charge in [-0.15, -0.1) is 0 Å². The average Bonchev–Trinajstić information content (AvgIpc) is 2.58. The first kappa shape index (κ1) is 16.9. The van der Waals surface area contributed by atoms with Gasteiger partial charge in [0.15, 0.2) is 11.6 Å². The molecule has 9 heteroatoms. The van der Waals surface area contributed by atoms with E-state index in [0.29, 0.717) is 41.1 Å². The minimum Gasteiger partial charge on any atom is -0.395 e. The van der Waals surface area contributed by atoms with Gasteiger partial charge in [-0.05, 0) is 6.42 Å². The average molecular weight is 320 g/mol. The Labute approximate surface area is 135 Å². The highest BCUT2D eigenvalue weighted by Gasteiger charge is 2.17. The Balaban J connectivity index is 2.68. The molecule has 0 fully saturated rings. The monoisotopic (exact) mass is 320 g/mol. The van der Waals surface area contributed by atoms with Crippen LogP contribution in [0.4, 0.5) is 23.5 Å². The molecule has 0 saturated heterocycles. The summed E-state index contributed by atoms with van der Waals surface area (Å²) in [5, 5.41) is 18.4. The fraction of sp³-hybridized carbons (Fsp3) is 0.571. The van der Waals surface area contributed by atoms with E-state index in [2.05, 4.69) is 42.8 Å². The number of aliphatic hydroxyl groups is 1. The van der Waals surface area contributed by atoms with Crippen LogP contribution in [0.5, 0.6) is 0 Å². The molecule has 2 aromatic rings. The zero-order valence-electron chi connectivity index (χ0n) is 14.0. The number of likely N-dealkylation sites (N-methyl/N-ethyl adjacent to an activating group) is 1. The van der Waals surface area contributed by atoms with Crippen LogP contribution in [0.25, 0.3) is 11.0 Å². The molecule has 0 atom stereocenters. The van der Waals surface area contributed by atoms with E-state index < -0.39 is 0 Å². The zero-order chi connectivity index (χ0) is 16.8. The topological polar surface area (TPSA) is 111 Å². The highest BCUT2D eigenvalue weighted by atomic mass is 16.3. The summed E-state index contributed by atoms with van der Waals surface area (Å²) in [4.78, 5) is 19.8. The van der Waals surface area contributed by atoms with Crippen LogP contribution in [-0.4, -0.2) is 65.9 Å². The summed E-state index contributed by atoms with van der Waals surface area (Å²) in [7, 11) is 5.39. The van der Waals surface area contributed by atoms with E-state index in [-0.39, 0.29) is 6.61 Å². The summed E-state index contributed by atoms with van der Waals surface area (Å²) in [6, 6.07) is 0. The zero-order valence-corrected chi connectivity index (χ0v) is 14.0. The third-order valence-corrected chi connectivity index (χ3v) is 3.31. The predicted octanol–water partition coefficient (Wildman–Crippen LogP) is 0.754. The number of nitrogens with one attached hydrogen (secondary N) is 3. The van der Waals surface area contributed by atoms with Gasteiger partial charge >= 0.3 is 0 Å². The molecule has 2 aromatic heterocycles. The van der Waals surface area contributed by atoms with Crippen LogP contribution in [0.3, 0.4) is 0 Å². The molecule has 0 aromatic carbocycles. The van der Waals surface area contributed by atoms with E-state index in [9.17, 15) is 5.11 Å². The summed E-state index contributed by atoms with van der Waals surface area (Å²) < 4.78 is 0. The van der Waals surface area contributed by atoms with Crippen molar-refractivity contribution in [1.29, 1.82) is 0 Å². The standard InChI is InChI=1S/C14H24N8O/c1-5-6-17-11-9-10(19-13(15-2)20-11)12(22(4)7-8-23)21-14(16-3)18-9/h23H,5-8H2,1-4H3,(H,16,18,21)(H2,15,17,19,20). The Morgan fingerprint density at radius 1 is 1.00 bits per heavy atom. The van der Waals surface area contributed by atoms with Crippen molar-refractivity contribution < 1.29 is 5.11 Å². The minimum absolute atomic E-state index is 0.0296. The summed E-state index contributed by atoms with van der Waals surface area (Å²) >= 11 is 0. The Bertz CT molecular complexity index is 663. The molecule has 0 unspecified atom stereocenters. The van der Waals surface area contributed by atoms with Crippen LogP contribution < -0.4 is 20.9 Å². The number of nitrogens with zero attached hydrogens (tertiary/aromatic N) is 5. The molecule has 0 bridgehead atoms. The number of aromatic nitrogens is 4. The van der Waals surface area contributed by atoms with Crippen molar-refractivity contribution in [3.8, 4) is 0 Å². The van der Waals surface area contributed by atoms with E-state index in [1.165, 1.54) is 0 Å². The van der Waals surface area contributed by atoms with Crippen molar-refractivity contribution in [2.24, 2.45) is 0 Å². The number of hydrogen-bond acceptors (Lipinski definition) is 9. The molecule has 0 aliphatic heterocycles. The molecule has 0 aliphatic carbocycles. The number of anilines is 4.